The number of likely N-dealkylation sites (tertiary alicyclic amines) is 1. The number of Topliss-reactive ketones (excluding diaryl/α,β-unsaturated/α-hetero) is 1. The Labute approximate surface area is 98.1 Å². The second-order valence-electron chi connectivity index (χ2n) is 5.20. The minimum Gasteiger partial charge on any atom is -0.377 e. The van der Waals surface area contributed by atoms with E-state index in [0.29, 0.717) is 12.6 Å². The molecule has 1 saturated carbocycles. The van der Waals surface area contributed by atoms with Crippen LogP contribution in [-0.2, 0) is 9.53 Å². The molecule has 0 spiro atoms. The van der Waals surface area contributed by atoms with Gasteiger partial charge in [0.05, 0.1) is 6.54 Å². The van der Waals surface area contributed by atoms with E-state index in [1.165, 1.54) is 38.5 Å². The number of rotatable bonds is 5. The van der Waals surface area contributed by atoms with Crippen LogP contribution in [0, 0.1) is 5.92 Å². The van der Waals surface area contributed by atoms with Gasteiger partial charge in [-0.2, -0.15) is 0 Å². The largest absolute Gasteiger partial charge is 0.377 e. The molecule has 0 radical (unpaired) electrons. The molecule has 2 aliphatic rings. The summed E-state index contributed by atoms with van der Waals surface area (Å²) in [5.41, 5.74) is 0. The van der Waals surface area contributed by atoms with E-state index in [1.54, 1.807) is 7.11 Å². The smallest absolute Gasteiger partial charge is 0.172 e. The van der Waals surface area contributed by atoms with E-state index in [9.17, 15) is 4.79 Å². The van der Waals surface area contributed by atoms with E-state index in [2.05, 4.69) is 4.90 Å². The second-order valence-corrected chi connectivity index (χ2v) is 5.20. The average Bonchev–Trinajstić information content (AvgIpc) is 2.86. The van der Waals surface area contributed by atoms with E-state index in [0.717, 1.165) is 12.5 Å². The predicted molar refractivity (Wildman–Crippen MR) is 63.4 cm³/mol. The summed E-state index contributed by atoms with van der Waals surface area (Å²) in [6.07, 6.45) is 8.09. The number of carbonyl (C=O) groups excluding carboxylic acids is 1. The maximum absolute atomic E-state index is 11.6. The van der Waals surface area contributed by atoms with Gasteiger partial charge in [0, 0.05) is 13.2 Å². The van der Waals surface area contributed by atoms with Crippen molar-refractivity contribution in [1.29, 1.82) is 0 Å². The van der Waals surface area contributed by atoms with Gasteiger partial charge < -0.3 is 4.74 Å². The molecule has 1 atom stereocenters. The van der Waals surface area contributed by atoms with Crippen LogP contribution < -0.4 is 0 Å². The van der Waals surface area contributed by atoms with Gasteiger partial charge in [-0.05, 0) is 38.1 Å². The van der Waals surface area contributed by atoms with Gasteiger partial charge in [-0.15, -0.1) is 0 Å². The Kier molecular flexibility index (Phi) is 4.36. The third-order valence-electron chi connectivity index (χ3n) is 4.04. The molecule has 0 aromatic carbocycles. The normalized spacial score (nSPS) is 27.7. The van der Waals surface area contributed by atoms with E-state index >= 15 is 0 Å². The van der Waals surface area contributed by atoms with Crippen LogP contribution in [0.1, 0.15) is 38.5 Å². The Morgan fingerprint density at radius 2 is 2.00 bits per heavy atom. The van der Waals surface area contributed by atoms with Gasteiger partial charge in [0.2, 0.25) is 0 Å². The van der Waals surface area contributed by atoms with Crippen molar-refractivity contribution in [1.82, 2.24) is 4.90 Å². The van der Waals surface area contributed by atoms with Crippen LogP contribution in [0.5, 0.6) is 0 Å². The SMILES string of the molecule is COCC(=O)CN1CCCC1C1CCCC1. The van der Waals surface area contributed by atoms with Crippen LogP contribution in [0.25, 0.3) is 0 Å². The van der Waals surface area contributed by atoms with E-state index in [4.69, 9.17) is 4.74 Å². The number of hydrogen-bond acceptors (Lipinski definition) is 3. The Morgan fingerprint density at radius 3 is 2.69 bits per heavy atom. The second kappa shape index (κ2) is 5.78. The van der Waals surface area contributed by atoms with Crippen LogP contribution >= 0.6 is 0 Å². The van der Waals surface area contributed by atoms with Crippen molar-refractivity contribution in [2.24, 2.45) is 5.92 Å². The monoisotopic (exact) mass is 225 g/mol. The number of ether oxygens (including phenoxy) is 1. The van der Waals surface area contributed by atoms with Crippen molar-refractivity contribution in [3.05, 3.63) is 0 Å². The highest BCUT2D eigenvalue weighted by Gasteiger charge is 2.33. The van der Waals surface area contributed by atoms with Gasteiger partial charge >= 0.3 is 0 Å². The summed E-state index contributed by atoms with van der Waals surface area (Å²) in [4.78, 5) is 14.0. The summed E-state index contributed by atoms with van der Waals surface area (Å²) >= 11 is 0. The fourth-order valence-corrected chi connectivity index (χ4v) is 3.36. The van der Waals surface area contributed by atoms with Gasteiger partial charge in [0.1, 0.15) is 6.61 Å². The highest BCUT2D eigenvalue weighted by molar-refractivity contribution is 5.81. The van der Waals surface area contributed by atoms with Gasteiger partial charge in [0.25, 0.3) is 0 Å². The summed E-state index contributed by atoms with van der Waals surface area (Å²) in [7, 11) is 1.59. The zero-order valence-electron chi connectivity index (χ0n) is 10.3. The standard InChI is InChI=1S/C13H23NO2/c1-16-10-12(15)9-14-8-4-7-13(14)11-5-2-3-6-11/h11,13H,2-10H2,1H3. The minimum absolute atomic E-state index is 0.229. The van der Waals surface area contributed by atoms with Crippen LogP contribution in [0.4, 0.5) is 0 Å². The molecule has 1 heterocycles. The zero-order chi connectivity index (χ0) is 11.4. The maximum atomic E-state index is 11.6. The molecule has 0 N–H and O–H groups in total. The molecule has 3 nitrogen and oxygen atoms in total. The zero-order valence-corrected chi connectivity index (χ0v) is 10.3. The third-order valence-corrected chi connectivity index (χ3v) is 4.04. The first-order valence-corrected chi connectivity index (χ1v) is 6.56. The lowest BCUT2D eigenvalue weighted by Crippen LogP contribution is -2.39. The van der Waals surface area contributed by atoms with E-state index in [1.807, 2.05) is 0 Å². The summed E-state index contributed by atoms with van der Waals surface area (Å²) in [6.45, 7) is 1.99. The average molecular weight is 225 g/mol. The van der Waals surface area contributed by atoms with Gasteiger partial charge in [-0.3, -0.25) is 9.69 Å². The molecule has 92 valence electrons. The first-order chi connectivity index (χ1) is 7.81. The van der Waals surface area contributed by atoms with Crippen molar-refractivity contribution >= 4 is 5.78 Å². The molecule has 0 amide bonds. The van der Waals surface area contributed by atoms with Crippen molar-refractivity contribution in [3.63, 3.8) is 0 Å². The highest BCUT2D eigenvalue weighted by atomic mass is 16.5. The van der Waals surface area contributed by atoms with Gasteiger partial charge in [-0.25, -0.2) is 0 Å². The molecule has 2 fully saturated rings. The predicted octanol–water partition coefficient (Wildman–Crippen LogP) is 1.86. The summed E-state index contributed by atoms with van der Waals surface area (Å²) in [6, 6.07) is 0.684. The minimum atomic E-state index is 0.229. The van der Waals surface area contributed by atoms with Crippen molar-refractivity contribution in [3.8, 4) is 0 Å². The Balaban J connectivity index is 1.85. The molecule has 16 heavy (non-hydrogen) atoms. The van der Waals surface area contributed by atoms with Crippen molar-refractivity contribution in [2.75, 3.05) is 26.8 Å². The molecular formula is C13H23NO2. The fourth-order valence-electron chi connectivity index (χ4n) is 3.36. The van der Waals surface area contributed by atoms with E-state index in [-0.39, 0.29) is 12.4 Å². The summed E-state index contributed by atoms with van der Waals surface area (Å²) < 4.78 is 4.90. The quantitative estimate of drug-likeness (QED) is 0.715. The van der Waals surface area contributed by atoms with Crippen LogP contribution in [-0.4, -0.2) is 43.5 Å². The van der Waals surface area contributed by atoms with Crippen LogP contribution in [0.15, 0.2) is 0 Å². The molecule has 2 rings (SSSR count). The molecule has 1 saturated heterocycles. The lowest BCUT2D eigenvalue weighted by Gasteiger charge is -2.28. The van der Waals surface area contributed by atoms with Crippen LogP contribution in [0.2, 0.25) is 0 Å². The van der Waals surface area contributed by atoms with Crippen molar-refractivity contribution in [2.45, 2.75) is 44.6 Å². The molecule has 0 aromatic rings. The topological polar surface area (TPSA) is 29.5 Å². The molecule has 3 heteroatoms. The maximum Gasteiger partial charge on any atom is 0.172 e. The molecule has 1 aliphatic carbocycles. The molecule has 1 aliphatic heterocycles. The Hall–Kier alpha value is -0.410. The Bertz CT molecular complexity index is 236. The summed E-state index contributed by atoms with van der Waals surface area (Å²) in [5, 5.41) is 0. The van der Waals surface area contributed by atoms with E-state index < -0.39 is 0 Å². The van der Waals surface area contributed by atoms with Gasteiger partial charge in [0.15, 0.2) is 5.78 Å². The lowest BCUT2D eigenvalue weighted by atomic mass is 9.96. The summed E-state index contributed by atoms with van der Waals surface area (Å²) in [5.74, 6) is 1.09. The lowest BCUT2D eigenvalue weighted by molar-refractivity contribution is -0.124. The Morgan fingerprint density at radius 1 is 1.25 bits per heavy atom. The molecule has 0 bridgehead atoms. The van der Waals surface area contributed by atoms with Crippen molar-refractivity contribution < 1.29 is 9.53 Å². The number of methoxy groups -OCH3 is 1. The number of hydrogen-bond donors (Lipinski definition) is 0. The molecular weight excluding hydrogens is 202 g/mol. The third kappa shape index (κ3) is 2.83. The molecule has 1 unspecified atom stereocenters. The van der Waals surface area contributed by atoms with Crippen LogP contribution in [0.3, 0.4) is 0 Å². The first kappa shape index (κ1) is 12.1. The number of carbonyl (C=O) groups is 1. The van der Waals surface area contributed by atoms with Gasteiger partial charge in [-0.1, -0.05) is 12.8 Å². The first-order valence-electron chi connectivity index (χ1n) is 6.56. The fraction of sp³-hybridized carbons (Fsp3) is 0.923. The highest BCUT2D eigenvalue weighted by Crippen LogP contribution is 2.35. The number of nitrogens with zero attached hydrogens (tertiary/aromatic N) is 1. The molecule has 0 aromatic heterocycles. The number of ketones is 1.